The quantitative estimate of drug-likeness (QED) is 0.289. The van der Waals surface area contributed by atoms with E-state index in [-0.39, 0.29) is 34.7 Å². The SMILES string of the molecule is COc1cc2ncnc(Nc3cccc(Cl)c3F)c2cc1OC1CCC(N2C(=O)c3ccccc3C2=O)CC1. The van der Waals surface area contributed by atoms with Crippen molar-refractivity contribution in [3.8, 4) is 11.5 Å². The van der Waals surface area contributed by atoms with Crippen LogP contribution < -0.4 is 14.8 Å². The van der Waals surface area contributed by atoms with Crippen LogP contribution in [-0.4, -0.2) is 45.9 Å². The molecule has 3 aromatic carbocycles. The third-order valence-corrected chi connectivity index (χ3v) is 7.55. The number of ether oxygens (including phenoxy) is 2. The molecule has 4 aromatic rings. The summed E-state index contributed by atoms with van der Waals surface area (Å²) in [6.07, 6.45) is 3.82. The molecule has 0 unspecified atom stereocenters. The van der Waals surface area contributed by atoms with Crippen molar-refractivity contribution in [1.82, 2.24) is 14.9 Å². The van der Waals surface area contributed by atoms with Crippen LogP contribution in [0.15, 0.2) is 60.9 Å². The molecule has 0 radical (unpaired) electrons. The summed E-state index contributed by atoms with van der Waals surface area (Å²) in [6.45, 7) is 0. The molecule has 2 amide bonds. The van der Waals surface area contributed by atoms with Crippen molar-refractivity contribution < 1.29 is 23.5 Å². The van der Waals surface area contributed by atoms with Gasteiger partial charge < -0.3 is 14.8 Å². The third kappa shape index (κ3) is 4.52. The predicted octanol–water partition coefficient (Wildman–Crippen LogP) is 6.16. The van der Waals surface area contributed by atoms with E-state index in [0.717, 1.165) is 0 Å². The Balaban J connectivity index is 1.21. The first-order valence-corrected chi connectivity index (χ1v) is 13.0. The molecule has 39 heavy (non-hydrogen) atoms. The van der Waals surface area contributed by atoms with E-state index in [0.29, 0.717) is 65.0 Å². The lowest BCUT2D eigenvalue weighted by molar-refractivity contribution is 0.0476. The Kier molecular flexibility index (Phi) is 6.52. The van der Waals surface area contributed by atoms with Crippen LogP contribution >= 0.6 is 11.6 Å². The molecule has 1 saturated carbocycles. The largest absolute Gasteiger partial charge is 0.493 e. The van der Waals surface area contributed by atoms with Crippen LogP contribution in [0.4, 0.5) is 15.9 Å². The summed E-state index contributed by atoms with van der Waals surface area (Å²) in [7, 11) is 1.55. The molecule has 0 bridgehead atoms. The number of benzene rings is 3. The Morgan fingerprint density at radius 1 is 0.949 bits per heavy atom. The van der Waals surface area contributed by atoms with Crippen molar-refractivity contribution in [2.24, 2.45) is 0 Å². The second kappa shape index (κ2) is 10.1. The number of fused-ring (bicyclic) bond motifs is 2. The average molecular weight is 547 g/mol. The predicted molar refractivity (Wildman–Crippen MR) is 144 cm³/mol. The van der Waals surface area contributed by atoms with Crippen LogP contribution in [0.5, 0.6) is 11.5 Å². The van der Waals surface area contributed by atoms with E-state index in [2.05, 4.69) is 15.3 Å². The normalized spacial score (nSPS) is 18.8. The lowest BCUT2D eigenvalue weighted by atomic mass is 9.91. The van der Waals surface area contributed by atoms with Gasteiger partial charge in [-0.15, -0.1) is 0 Å². The first kappa shape index (κ1) is 25.1. The number of aromatic nitrogens is 2. The number of hydrogen-bond donors (Lipinski definition) is 1. The minimum absolute atomic E-state index is 0.000802. The zero-order valence-corrected chi connectivity index (χ0v) is 21.7. The Hall–Kier alpha value is -4.24. The molecule has 2 heterocycles. The zero-order valence-electron chi connectivity index (χ0n) is 21.0. The van der Waals surface area contributed by atoms with E-state index in [1.54, 1.807) is 55.6 Å². The molecule has 1 fully saturated rings. The van der Waals surface area contributed by atoms with E-state index >= 15 is 0 Å². The molecule has 6 rings (SSSR count). The topological polar surface area (TPSA) is 93.7 Å². The van der Waals surface area contributed by atoms with Gasteiger partial charge in [-0.25, -0.2) is 14.4 Å². The Bertz CT molecular complexity index is 1570. The summed E-state index contributed by atoms with van der Waals surface area (Å²) in [6, 6.07) is 15.0. The van der Waals surface area contributed by atoms with Crippen molar-refractivity contribution in [3.05, 3.63) is 82.9 Å². The lowest BCUT2D eigenvalue weighted by Gasteiger charge is -2.33. The number of hydrogen-bond acceptors (Lipinski definition) is 7. The third-order valence-electron chi connectivity index (χ3n) is 7.25. The molecule has 1 aliphatic carbocycles. The number of imide groups is 1. The number of methoxy groups -OCH3 is 1. The number of amides is 2. The summed E-state index contributed by atoms with van der Waals surface area (Å²) in [4.78, 5) is 35.8. The molecular weight excluding hydrogens is 523 g/mol. The van der Waals surface area contributed by atoms with Gasteiger partial charge in [0.2, 0.25) is 0 Å². The molecule has 0 spiro atoms. The highest BCUT2D eigenvalue weighted by Crippen LogP contribution is 2.38. The summed E-state index contributed by atoms with van der Waals surface area (Å²) in [5.74, 6) is 0.357. The van der Waals surface area contributed by atoms with E-state index < -0.39 is 5.82 Å². The molecular formula is C29H24ClFN4O4. The van der Waals surface area contributed by atoms with Crippen LogP contribution in [-0.2, 0) is 0 Å². The van der Waals surface area contributed by atoms with E-state index in [9.17, 15) is 14.0 Å². The summed E-state index contributed by atoms with van der Waals surface area (Å²) in [5.41, 5.74) is 1.71. The molecule has 2 aliphatic rings. The van der Waals surface area contributed by atoms with E-state index in [1.807, 2.05) is 0 Å². The number of carbonyl (C=O) groups excluding carboxylic acids is 2. The van der Waals surface area contributed by atoms with Crippen LogP contribution in [0.25, 0.3) is 10.9 Å². The summed E-state index contributed by atoms with van der Waals surface area (Å²) >= 11 is 5.94. The Labute approximate surface area is 228 Å². The van der Waals surface area contributed by atoms with Crippen LogP contribution in [0.3, 0.4) is 0 Å². The van der Waals surface area contributed by atoms with Gasteiger partial charge >= 0.3 is 0 Å². The smallest absolute Gasteiger partial charge is 0.261 e. The number of nitrogens with one attached hydrogen (secondary N) is 1. The fraction of sp³-hybridized carbons (Fsp3) is 0.241. The molecule has 198 valence electrons. The molecule has 1 aliphatic heterocycles. The minimum atomic E-state index is -0.578. The first-order chi connectivity index (χ1) is 18.9. The van der Waals surface area contributed by atoms with Crippen LogP contribution in [0, 0.1) is 5.82 Å². The second-order valence-corrected chi connectivity index (χ2v) is 9.95. The molecule has 0 saturated heterocycles. The fourth-order valence-electron chi connectivity index (χ4n) is 5.28. The Morgan fingerprint density at radius 3 is 2.36 bits per heavy atom. The minimum Gasteiger partial charge on any atom is -0.493 e. The molecule has 0 atom stereocenters. The number of nitrogens with zero attached hydrogens (tertiary/aromatic N) is 3. The van der Waals surface area contributed by atoms with Gasteiger partial charge in [-0.05, 0) is 56.0 Å². The van der Waals surface area contributed by atoms with Gasteiger partial charge in [0.05, 0.1) is 40.6 Å². The van der Waals surface area contributed by atoms with Gasteiger partial charge in [-0.1, -0.05) is 29.8 Å². The first-order valence-electron chi connectivity index (χ1n) is 12.6. The van der Waals surface area contributed by atoms with Gasteiger partial charge in [0, 0.05) is 17.5 Å². The summed E-state index contributed by atoms with van der Waals surface area (Å²) in [5, 5.41) is 3.62. The number of halogens is 2. The molecule has 1 aromatic heterocycles. The maximum absolute atomic E-state index is 14.5. The second-order valence-electron chi connectivity index (χ2n) is 9.54. The monoisotopic (exact) mass is 546 g/mol. The van der Waals surface area contributed by atoms with Crippen LogP contribution in [0.1, 0.15) is 46.4 Å². The van der Waals surface area contributed by atoms with E-state index in [1.165, 1.54) is 17.3 Å². The highest BCUT2D eigenvalue weighted by atomic mass is 35.5. The Morgan fingerprint density at radius 2 is 1.67 bits per heavy atom. The van der Waals surface area contributed by atoms with Crippen molar-refractivity contribution in [1.29, 1.82) is 0 Å². The maximum atomic E-state index is 14.5. The van der Waals surface area contributed by atoms with Crippen molar-refractivity contribution in [2.75, 3.05) is 12.4 Å². The standard InChI is InChI=1S/C29H24ClFN4O4/c1-38-24-14-23-20(27(33-15-32-23)34-22-8-4-7-21(30)26(22)31)13-25(24)39-17-11-9-16(10-12-17)35-28(36)18-5-2-3-6-19(18)29(35)37/h2-8,13-17H,9-12H2,1H3,(H,32,33,34). The maximum Gasteiger partial charge on any atom is 0.261 e. The average Bonchev–Trinajstić information content (AvgIpc) is 3.21. The fourth-order valence-corrected chi connectivity index (χ4v) is 5.46. The zero-order chi connectivity index (χ0) is 27.1. The van der Waals surface area contributed by atoms with Crippen molar-refractivity contribution in [2.45, 2.75) is 37.8 Å². The molecule has 8 nitrogen and oxygen atoms in total. The van der Waals surface area contributed by atoms with Crippen molar-refractivity contribution in [3.63, 3.8) is 0 Å². The summed E-state index contributed by atoms with van der Waals surface area (Å²) < 4.78 is 26.5. The van der Waals surface area contributed by atoms with Gasteiger partial charge in [-0.2, -0.15) is 0 Å². The highest BCUT2D eigenvalue weighted by Gasteiger charge is 2.41. The van der Waals surface area contributed by atoms with Gasteiger partial charge in [-0.3, -0.25) is 14.5 Å². The molecule has 1 N–H and O–H groups in total. The van der Waals surface area contributed by atoms with Crippen LogP contribution in [0.2, 0.25) is 5.02 Å². The van der Waals surface area contributed by atoms with Gasteiger partial charge in [0.25, 0.3) is 11.8 Å². The number of rotatable bonds is 6. The number of anilines is 2. The van der Waals surface area contributed by atoms with Gasteiger partial charge in [0.15, 0.2) is 17.3 Å². The van der Waals surface area contributed by atoms with Crippen molar-refractivity contribution >= 4 is 45.8 Å². The van der Waals surface area contributed by atoms with Gasteiger partial charge in [0.1, 0.15) is 12.1 Å². The molecule has 10 heteroatoms. The lowest BCUT2D eigenvalue weighted by Crippen LogP contribution is -2.43. The highest BCUT2D eigenvalue weighted by molar-refractivity contribution is 6.31. The number of carbonyl (C=O) groups is 2. The van der Waals surface area contributed by atoms with E-state index in [4.69, 9.17) is 21.1 Å².